The molecule has 0 heterocycles. The second kappa shape index (κ2) is 7.33. The van der Waals surface area contributed by atoms with E-state index in [0.717, 1.165) is 32.1 Å². The lowest BCUT2D eigenvalue weighted by Gasteiger charge is -2.58. The van der Waals surface area contributed by atoms with E-state index in [1.165, 1.54) is 12.7 Å². The van der Waals surface area contributed by atoms with Crippen molar-refractivity contribution < 1.29 is 24.2 Å². The number of rotatable bonds is 4. The zero-order chi connectivity index (χ0) is 20.7. The summed E-state index contributed by atoms with van der Waals surface area (Å²) in [4.78, 5) is 25.3. The van der Waals surface area contributed by atoms with Gasteiger partial charge in [-0.2, -0.15) is 0 Å². The molecular weight excluding hydrogens is 356 g/mol. The average molecular weight is 391 g/mol. The average Bonchev–Trinajstić information content (AvgIpc) is 2.66. The minimum absolute atomic E-state index is 0.128. The van der Waals surface area contributed by atoms with Crippen LogP contribution in [-0.2, 0) is 19.1 Å². The number of ether oxygens (including phenoxy) is 2. The first kappa shape index (κ1) is 21.1. The third-order valence-corrected chi connectivity index (χ3v) is 7.94. The summed E-state index contributed by atoms with van der Waals surface area (Å²) < 4.78 is 10.5. The van der Waals surface area contributed by atoms with E-state index in [4.69, 9.17) is 9.47 Å². The van der Waals surface area contributed by atoms with Gasteiger partial charge in [-0.1, -0.05) is 37.6 Å². The summed E-state index contributed by atoms with van der Waals surface area (Å²) >= 11 is 0. The van der Waals surface area contributed by atoms with E-state index in [1.54, 1.807) is 13.0 Å². The van der Waals surface area contributed by atoms with Crippen molar-refractivity contribution in [3.05, 3.63) is 24.3 Å². The maximum atomic E-state index is 12.6. The third kappa shape index (κ3) is 3.02. The molecule has 3 aliphatic rings. The number of aliphatic hydroxyl groups excluding tert-OH is 1. The molecule has 1 N–H and O–H groups in total. The molecule has 0 aliphatic heterocycles. The Hall–Kier alpha value is -1.62. The molecule has 6 atom stereocenters. The van der Waals surface area contributed by atoms with Crippen molar-refractivity contribution in [1.82, 2.24) is 0 Å². The van der Waals surface area contributed by atoms with Gasteiger partial charge < -0.3 is 14.6 Å². The molecule has 0 radical (unpaired) electrons. The number of methoxy groups -OCH3 is 1. The first-order chi connectivity index (χ1) is 13.1. The number of aliphatic hydroxyl groups is 1. The first-order valence-electron chi connectivity index (χ1n) is 10.4. The van der Waals surface area contributed by atoms with Crippen LogP contribution in [-0.4, -0.2) is 36.9 Å². The lowest BCUT2D eigenvalue weighted by Crippen LogP contribution is -2.55. The lowest BCUT2D eigenvalue weighted by molar-refractivity contribution is -0.166. The number of carbonyl (C=O) groups is 2. The van der Waals surface area contributed by atoms with Gasteiger partial charge in [0.2, 0.25) is 0 Å². The predicted molar refractivity (Wildman–Crippen MR) is 106 cm³/mol. The zero-order valence-electron chi connectivity index (χ0n) is 17.6. The van der Waals surface area contributed by atoms with Crippen LogP contribution in [0.15, 0.2) is 24.3 Å². The van der Waals surface area contributed by atoms with Gasteiger partial charge in [0, 0.05) is 0 Å². The van der Waals surface area contributed by atoms with E-state index in [1.807, 2.05) is 13.0 Å². The summed E-state index contributed by atoms with van der Waals surface area (Å²) in [5, 5.41) is 10.9. The molecule has 5 heteroatoms. The van der Waals surface area contributed by atoms with Crippen molar-refractivity contribution in [2.75, 3.05) is 13.7 Å². The van der Waals surface area contributed by atoms with Crippen LogP contribution in [0, 0.1) is 28.1 Å². The van der Waals surface area contributed by atoms with E-state index >= 15 is 0 Å². The molecule has 0 aromatic carbocycles. The van der Waals surface area contributed by atoms with Gasteiger partial charge in [0.1, 0.15) is 6.61 Å². The SMILES string of the molecule is C=CCOC(=O)[C@@]1(C)C[C@H]2CC[C@@H]3[C@](C)(C(=O)OC)CCC[C@@]3(C)C2=CC1O. The number of esters is 2. The monoisotopic (exact) mass is 390 g/mol. The zero-order valence-corrected chi connectivity index (χ0v) is 17.6. The van der Waals surface area contributed by atoms with Gasteiger partial charge in [-0.3, -0.25) is 9.59 Å². The Labute approximate surface area is 168 Å². The number of hydrogen-bond acceptors (Lipinski definition) is 5. The molecule has 3 rings (SSSR count). The number of hydrogen-bond donors (Lipinski definition) is 1. The van der Waals surface area contributed by atoms with E-state index in [0.29, 0.717) is 6.42 Å². The standard InChI is InChI=1S/C23H34O5/c1-6-12-28-20(26)23(4)14-15-8-9-17-21(2,16(15)13-18(23)24)10-7-11-22(17,3)19(25)27-5/h6,13,15,17-18,24H,1,7-12,14H2,2-5H3/t15-,17+,18?,21+,22-,23+/m1/s1. The molecule has 156 valence electrons. The number of carbonyl (C=O) groups excluding carboxylic acids is 2. The molecule has 0 saturated heterocycles. The smallest absolute Gasteiger partial charge is 0.315 e. The van der Waals surface area contributed by atoms with Crippen LogP contribution >= 0.6 is 0 Å². The molecule has 1 unspecified atom stereocenters. The fourth-order valence-corrected chi connectivity index (χ4v) is 6.35. The number of fused-ring (bicyclic) bond motifs is 3. The van der Waals surface area contributed by atoms with Gasteiger partial charge in [-0.25, -0.2) is 0 Å². The maximum Gasteiger partial charge on any atom is 0.315 e. The van der Waals surface area contributed by atoms with E-state index < -0.39 is 16.9 Å². The minimum Gasteiger partial charge on any atom is -0.469 e. The van der Waals surface area contributed by atoms with Crippen molar-refractivity contribution in [3.8, 4) is 0 Å². The van der Waals surface area contributed by atoms with Crippen molar-refractivity contribution in [1.29, 1.82) is 0 Å². The highest BCUT2D eigenvalue weighted by Crippen LogP contribution is 2.64. The van der Waals surface area contributed by atoms with Crippen molar-refractivity contribution in [3.63, 3.8) is 0 Å². The third-order valence-electron chi connectivity index (χ3n) is 7.94. The molecule has 0 amide bonds. The Bertz CT molecular complexity index is 697. The Balaban J connectivity index is 1.95. The highest BCUT2D eigenvalue weighted by Gasteiger charge is 2.60. The second-order valence-electron chi connectivity index (χ2n) is 9.58. The van der Waals surface area contributed by atoms with E-state index in [9.17, 15) is 14.7 Å². The number of allylic oxidation sites excluding steroid dienone is 1. The molecule has 28 heavy (non-hydrogen) atoms. The largest absolute Gasteiger partial charge is 0.469 e. The molecular formula is C23H34O5. The van der Waals surface area contributed by atoms with Crippen molar-refractivity contribution in [2.45, 2.75) is 65.4 Å². The Morgan fingerprint density at radius 1 is 1.21 bits per heavy atom. The van der Waals surface area contributed by atoms with Gasteiger partial charge in [0.25, 0.3) is 0 Å². The highest BCUT2D eigenvalue weighted by molar-refractivity contribution is 5.79. The summed E-state index contributed by atoms with van der Waals surface area (Å²) in [6.07, 6.45) is 7.76. The van der Waals surface area contributed by atoms with Gasteiger partial charge in [0.15, 0.2) is 0 Å². The topological polar surface area (TPSA) is 72.8 Å². The fraction of sp³-hybridized carbons (Fsp3) is 0.739. The van der Waals surface area contributed by atoms with Gasteiger partial charge in [-0.15, -0.1) is 0 Å². The molecule has 5 nitrogen and oxygen atoms in total. The van der Waals surface area contributed by atoms with Gasteiger partial charge >= 0.3 is 11.9 Å². The summed E-state index contributed by atoms with van der Waals surface area (Å²) in [6, 6.07) is 0. The van der Waals surface area contributed by atoms with Gasteiger partial charge in [0.05, 0.1) is 24.0 Å². The summed E-state index contributed by atoms with van der Waals surface area (Å²) in [5.41, 5.74) is -0.375. The van der Waals surface area contributed by atoms with Crippen LogP contribution in [0.3, 0.4) is 0 Å². The summed E-state index contributed by atoms with van der Waals surface area (Å²) in [5.74, 6) is -0.0823. The minimum atomic E-state index is -0.944. The lowest BCUT2D eigenvalue weighted by atomic mass is 9.46. The van der Waals surface area contributed by atoms with Crippen LogP contribution in [0.1, 0.15) is 59.3 Å². The molecule has 2 fully saturated rings. The molecule has 0 bridgehead atoms. The summed E-state index contributed by atoms with van der Waals surface area (Å²) in [6.45, 7) is 9.81. The predicted octanol–water partition coefficient (Wildman–Crippen LogP) is 3.81. The van der Waals surface area contributed by atoms with Crippen molar-refractivity contribution in [2.24, 2.45) is 28.1 Å². The molecule has 2 saturated carbocycles. The van der Waals surface area contributed by atoms with Gasteiger partial charge in [-0.05, 0) is 63.2 Å². The Morgan fingerprint density at radius 2 is 1.93 bits per heavy atom. The second-order valence-corrected chi connectivity index (χ2v) is 9.58. The van der Waals surface area contributed by atoms with Crippen LogP contribution in [0.4, 0.5) is 0 Å². The fourth-order valence-electron chi connectivity index (χ4n) is 6.35. The van der Waals surface area contributed by atoms with Crippen LogP contribution in [0.2, 0.25) is 0 Å². The van der Waals surface area contributed by atoms with Crippen LogP contribution in [0.5, 0.6) is 0 Å². The van der Waals surface area contributed by atoms with Crippen LogP contribution in [0.25, 0.3) is 0 Å². The van der Waals surface area contributed by atoms with Crippen LogP contribution < -0.4 is 0 Å². The van der Waals surface area contributed by atoms with Crippen molar-refractivity contribution >= 4 is 11.9 Å². The van der Waals surface area contributed by atoms with E-state index in [-0.39, 0.29) is 35.8 Å². The molecule has 3 aliphatic carbocycles. The maximum absolute atomic E-state index is 12.6. The molecule has 0 aromatic rings. The Kier molecular flexibility index (Phi) is 5.52. The quantitative estimate of drug-likeness (QED) is 0.584. The molecule has 0 aromatic heterocycles. The highest BCUT2D eigenvalue weighted by atomic mass is 16.5. The summed E-state index contributed by atoms with van der Waals surface area (Å²) in [7, 11) is 1.47. The Morgan fingerprint density at radius 3 is 2.57 bits per heavy atom. The van der Waals surface area contributed by atoms with E-state index in [2.05, 4.69) is 13.5 Å². The normalized spacial score (nSPS) is 42.5. The first-order valence-corrected chi connectivity index (χ1v) is 10.4. The molecule has 0 spiro atoms.